The smallest absolute Gasteiger partial charge is 0.124 e. The summed E-state index contributed by atoms with van der Waals surface area (Å²) in [4.78, 5) is 4.87. The Morgan fingerprint density at radius 3 is 2.26 bits per heavy atom. The number of nitrogens with zero attached hydrogens (tertiary/aromatic N) is 2. The van der Waals surface area contributed by atoms with Crippen LogP contribution >= 0.6 is 0 Å². The SMILES string of the molecule is COc1ccc2c(c1)nc(CNCc1ccccc1)n2Cc1ccccc1. The molecule has 136 valence electrons. The van der Waals surface area contributed by atoms with Crippen molar-refractivity contribution in [1.82, 2.24) is 14.9 Å². The molecule has 1 N–H and O–H groups in total. The van der Waals surface area contributed by atoms with Gasteiger partial charge in [-0.1, -0.05) is 60.7 Å². The Balaban J connectivity index is 1.61. The average molecular weight is 357 g/mol. The monoisotopic (exact) mass is 357 g/mol. The fourth-order valence-corrected chi connectivity index (χ4v) is 3.28. The summed E-state index contributed by atoms with van der Waals surface area (Å²) >= 11 is 0. The van der Waals surface area contributed by atoms with E-state index in [0.717, 1.165) is 35.7 Å². The van der Waals surface area contributed by atoms with Crippen molar-refractivity contribution < 1.29 is 4.74 Å². The summed E-state index contributed by atoms with van der Waals surface area (Å²) in [5.41, 5.74) is 4.61. The highest BCUT2D eigenvalue weighted by atomic mass is 16.5. The molecule has 4 rings (SSSR count). The maximum absolute atomic E-state index is 5.36. The van der Waals surface area contributed by atoms with Gasteiger partial charge in [0.2, 0.25) is 0 Å². The van der Waals surface area contributed by atoms with Crippen LogP contribution in [0, 0.1) is 0 Å². The summed E-state index contributed by atoms with van der Waals surface area (Å²) in [6.45, 7) is 2.32. The van der Waals surface area contributed by atoms with Crippen LogP contribution in [0.15, 0.2) is 78.9 Å². The molecule has 3 aromatic carbocycles. The van der Waals surface area contributed by atoms with E-state index in [1.807, 2.05) is 24.3 Å². The van der Waals surface area contributed by atoms with E-state index in [-0.39, 0.29) is 0 Å². The van der Waals surface area contributed by atoms with Gasteiger partial charge >= 0.3 is 0 Å². The topological polar surface area (TPSA) is 39.1 Å². The molecule has 0 amide bonds. The number of hydrogen-bond acceptors (Lipinski definition) is 3. The second kappa shape index (κ2) is 8.06. The second-order valence-electron chi connectivity index (χ2n) is 6.54. The number of methoxy groups -OCH3 is 1. The number of benzene rings is 3. The van der Waals surface area contributed by atoms with Crippen molar-refractivity contribution in [3.63, 3.8) is 0 Å². The van der Waals surface area contributed by atoms with Crippen LogP contribution in [-0.4, -0.2) is 16.7 Å². The molecule has 0 saturated heterocycles. The van der Waals surface area contributed by atoms with Gasteiger partial charge in [-0.05, 0) is 23.3 Å². The van der Waals surface area contributed by atoms with Gasteiger partial charge in [-0.25, -0.2) is 4.98 Å². The number of rotatable bonds is 7. The standard InChI is InChI=1S/C23H23N3O/c1-27-20-12-13-22-21(14-20)25-23(16-24-15-18-8-4-2-5-9-18)26(22)17-19-10-6-3-7-11-19/h2-14,24H,15-17H2,1H3. The Bertz CT molecular complexity index is 1010. The molecule has 1 aromatic heterocycles. The van der Waals surface area contributed by atoms with Crippen LogP contribution in [0.1, 0.15) is 17.0 Å². The quantitative estimate of drug-likeness (QED) is 0.533. The summed E-state index contributed by atoms with van der Waals surface area (Å²) in [6.07, 6.45) is 0. The first-order chi connectivity index (χ1) is 13.3. The van der Waals surface area contributed by atoms with E-state index in [0.29, 0.717) is 6.54 Å². The molecule has 0 fully saturated rings. The third kappa shape index (κ3) is 4.01. The van der Waals surface area contributed by atoms with Crippen LogP contribution in [0.2, 0.25) is 0 Å². The van der Waals surface area contributed by atoms with Gasteiger partial charge in [0.15, 0.2) is 0 Å². The number of fused-ring (bicyclic) bond motifs is 1. The van der Waals surface area contributed by atoms with Gasteiger partial charge in [-0.2, -0.15) is 0 Å². The van der Waals surface area contributed by atoms with Crippen LogP contribution in [-0.2, 0) is 19.6 Å². The lowest BCUT2D eigenvalue weighted by Gasteiger charge is -2.11. The molecule has 0 radical (unpaired) electrons. The highest BCUT2D eigenvalue weighted by Gasteiger charge is 2.12. The molecular weight excluding hydrogens is 334 g/mol. The Kier molecular flexibility index (Phi) is 5.17. The number of aromatic nitrogens is 2. The lowest BCUT2D eigenvalue weighted by atomic mass is 10.2. The summed E-state index contributed by atoms with van der Waals surface area (Å²) in [6, 6.07) is 27.0. The first kappa shape index (κ1) is 17.3. The number of hydrogen-bond donors (Lipinski definition) is 1. The fraction of sp³-hybridized carbons (Fsp3) is 0.174. The van der Waals surface area contributed by atoms with Crippen LogP contribution in [0.25, 0.3) is 11.0 Å². The zero-order valence-electron chi connectivity index (χ0n) is 15.4. The summed E-state index contributed by atoms with van der Waals surface area (Å²) in [7, 11) is 1.68. The lowest BCUT2D eigenvalue weighted by Crippen LogP contribution is -2.17. The Labute approximate surface area is 159 Å². The highest BCUT2D eigenvalue weighted by Crippen LogP contribution is 2.23. The summed E-state index contributed by atoms with van der Waals surface area (Å²) in [5, 5.41) is 3.52. The molecule has 27 heavy (non-hydrogen) atoms. The number of imidazole rings is 1. The molecule has 4 nitrogen and oxygen atoms in total. The van der Waals surface area contributed by atoms with Crippen LogP contribution in [0.4, 0.5) is 0 Å². The number of nitrogens with one attached hydrogen (secondary N) is 1. The predicted octanol–water partition coefficient (Wildman–Crippen LogP) is 4.38. The molecule has 0 unspecified atom stereocenters. The van der Waals surface area contributed by atoms with E-state index < -0.39 is 0 Å². The zero-order chi connectivity index (χ0) is 18.5. The minimum Gasteiger partial charge on any atom is -0.497 e. The molecule has 0 aliphatic rings. The first-order valence-corrected chi connectivity index (χ1v) is 9.15. The van der Waals surface area contributed by atoms with Crippen LogP contribution in [0.3, 0.4) is 0 Å². The van der Waals surface area contributed by atoms with Gasteiger partial charge < -0.3 is 14.6 Å². The van der Waals surface area contributed by atoms with Crippen molar-refractivity contribution in [2.45, 2.75) is 19.6 Å². The largest absolute Gasteiger partial charge is 0.497 e. The first-order valence-electron chi connectivity index (χ1n) is 9.15. The predicted molar refractivity (Wildman–Crippen MR) is 109 cm³/mol. The van der Waals surface area contributed by atoms with Gasteiger partial charge in [-0.15, -0.1) is 0 Å². The van der Waals surface area contributed by atoms with Gasteiger partial charge in [0.1, 0.15) is 11.6 Å². The Morgan fingerprint density at radius 1 is 0.852 bits per heavy atom. The molecule has 4 heteroatoms. The van der Waals surface area contributed by atoms with E-state index >= 15 is 0 Å². The molecule has 0 aliphatic heterocycles. The van der Waals surface area contributed by atoms with Crippen molar-refractivity contribution in [1.29, 1.82) is 0 Å². The molecular formula is C23H23N3O. The van der Waals surface area contributed by atoms with Gasteiger partial charge in [-0.3, -0.25) is 0 Å². The maximum Gasteiger partial charge on any atom is 0.124 e. The van der Waals surface area contributed by atoms with Crippen molar-refractivity contribution >= 4 is 11.0 Å². The number of ether oxygens (including phenoxy) is 1. The minimum atomic E-state index is 0.707. The van der Waals surface area contributed by atoms with E-state index in [1.165, 1.54) is 11.1 Å². The van der Waals surface area contributed by atoms with Crippen LogP contribution < -0.4 is 10.1 Å². The molecule has 1 heterocycles. The van der Waals surface area contributed by atoms with E-state index in [4.69, 9.17) is 9.72 Å². The summed E-state index contributed by atoms with van der Waals surface area (Å²) in [5.74, 6) is 1.86. The third-order valence-corrected chi connectivity index (χ3v) is 4.67. The lowest BCUT2D eigenvalue weighted by molar-refractivity contribution is 0.415. The van der Waals surface area contributed by atoms with Gasteiger partial charge in [0.25, 0.3) is 0 Å². The zero-order valence-corrected chi connectivity index (χ0v) is 15.4. The van der Waals surface area contributed by atoms with E-state index in [1.54, 1.807) is 7.11 Å². The molecule has 0 spiro atoms. The average Bonchev–Trinajstić information content (AvgIpc) is 3.06. The normalized spacial score (nSPS) is 11.0. The van der Waals surface area contributed by atoms with Gasteiger partial charge in [0, 0.05) is 19.2 Å². The van der Waals surface area contributed by atoms with Crippen LogP contribution in [0.5, 0.6) is 5.75 Å². The van der Waals surface area contributed by atoms with Crippen molar-refractivity contribution in [3.8, 4) is 5.75 Å². The van der Waals surface area contributed by atoms with E-state index in [2.05, 4.69) is 64.5 Å². The molecule has 4 aromatic rings. The molecule has 0 bridgehead atoms. The Morgan fingerprint density at radius 2 is 1.56 bits per heavy atom. The highest BCUT2D eigenvalue weighted by molar-refractivity contribution is 5.78. The van der Waals surface area contributed by atoms with E-state index in [9.17, 15) is 0 Å². The molecule has 0 saturated carbocycles. The van der Waals surface area contributed by atoms with Crippen molar-refractivity contribution in [2.75, 3.05) is 7.11 Å². The fourth-order valence-electron chi connectivity index (χ4n) is 3.28. The minimum absolute atomic E-state index is 0.707. The molecule has 0 atom stereocenters. The van der Waals surface area contributed by atoms with Gasteiger partial charge in [0.05, 0.1) is 24.7 Å². The molecule has 0 aliphatic carbocycles. The third-order valence-electron chi connectivity index (χ3n) is 4.67. The van der Waals surface area contributed by atoms with Crippen molar-refractivity contribution in [2.24, 2.45) is 0 Å². The Hall–Kier alpha value is -3.11. The van der Waals surface area contributed by atoms with Crippen molar-refractivity contribution in [3.05, 3.63) is 95.8 Å². The second-order valence-corrected chi connectivity index (χ2v) is 6.54. The maximum atomic E-state index is 5.36. The summed E-state index contributed by atoms with van der Waals surface area (Å²) < 4.78 is 7.64.